The fourth-order valence-electron chi connectivity index (χ4n) is 2.93. The molecule has 1 amide bonds. The van der Waals surface area contributed by atoms with Gasteiger partial charge in [-0.1, -0.05) is 71.2 Å². The first-order valence-electron chi connectivity index (χ1n) is 9.36. The highest BCUT2D eigenvalue weighted by atomic mass is 35.5. The summed E-state index contributed by atoms with van der Waals surface area (Å²) in [6, 6.07) is 16.7. The zero-order valence-corrected chi connectivity index (χ0v) is 19.9. The zero-order valence-electron chi connectivity index (χ0n) is 16.8. The van der Waals surface area contributed by atoms with Crippen molar-refractivity contribution in [1.29, 1.82) is 0 Å². The van der Waals surface area contributed by atoms with E-state index in [-0.39, 0.29) is 32.1 Å². The normalized spacial score (nSPS) is 12.2. The molecule has 0 unspecified atom stereocenters. The van der Waals surface area contributed by atoms with Gasteiger partial charge in [0.2, 0.25) is 15.9 Å². The van der Waals surface area contributed by atoms with E-state index < -0.39 is 22.0 Å². The fraction of sp³-hybridized carbons (Fsp3) is 0.136. The summed E-state index contributed by atoms with van der Waals surface area (Å²) >= 11 is 18.4. The van der Waals surface area contributed by atoms with Crippen LogP contribution in [0.4, 0.5) is 5.69 Å². The molecule has 0 spiro atoms. The standard InChI is InChI=1S/C22H19Cl3N2O4S/c1-31-20-11-10-15(13-18(20)25)32(29,30)27-19(12-14-6-3-2-4-7-14)22(28)26-21-16(23)8-5-9-17(21)24/h2-11,13,19,27H,12H2,1H3,(H,26,28)/t19-/m1/s1. The average molecular weight is 514 g/mol. The molecule has 3 aromatic carbocycles. The van der Waals surface area contributed by atoms with E-state index in [0.717, 1.165) is 5.56 Å². The second-order valence-corrected chi connectivity index (χ2v) is 9.68. The van der Waals surface area contributed by atoms with Crippen LogP contribution in [0.15, 0.2) is 71.6 Å². The van der Waals surface area contributed by atoms with Crippen molar-refractivity contribution < 1.29 is 17.9 Å². The average Bonchev–Trinajstić information content (AvgIpc) is 2.76. The molecular weight excluding hydrogens is 495 g/mol. The summed E-state index contributed by atoms with van der Waals surface area (Å²) in [6.07, 6.45) is 0.0951. The zero-order chi connectivity index (χ0) is 23.3. The molecule has 10 heteroatoms. The first-order chi connectivity index (χ1) is 15.2. The van der Waals surface area contributed by atoms with E-state index in [2.05, 4.69) is 10.0 Å². The molecular formula is C22H19Cl3N2O4S. The number of carbonyl (C=O) groups is 1. The highest BCUT2D eigenvalue weighted by Crippen LogP contribution is 2.30. The number of nitrogens with one attached hydrogen (secondary N) is 2. The number of hydrogen-bond acceptors (Lipinski definition) is 4. The van der Waals surface area contributed by atoms with E-state index in [0.29, 0.717) is 5.75 Å². The van der Waals surface area contributed by atoms with E-state index in [1.165, 1.54) is 25.3 Å². The Morgan fingerprint density at radius 2 is 1.59 bits per heavy atom. The van der Waals surface area contributed by atoms with Gasteiger partial charge in [-0.05, 0) is 42.3 Å². The van der Waals surface area contributed by atoms with E-state index in [1.807, 2.05) is 6.07 Å². The molecule has 32 heavy (non-hydrogen) atoms. The van der Waals surface area contributed by atoms with Gasteiger partial charge in [-0.15, -0.1) is 0 Å². The van der Waals surface area contributed by atoms with Crippen LogP contribution >= 0.6 is 34.8 Å². The molecule has 0 aliphatic heterocycles. The highest BCUT2D eigenvalue weighted by Gasteiger charge is 2.27. The molecule has 6 nitrogen and oxygen atoms in total. The minimum absolute atomic E-state index is 0.0951. The summed E-state index contributed by atoms with van der Waals surface area (Å²) in [5.74, 6) is -0.287. The maximum Gasteiger partial charge on any atom is 0.242 e. The largest absolute Gasteiger partial charge is 0.495 e. The van der Waals surface area contributed by atoms with Crippen molar-refractivity contribution >= 4 is 56.4 Å². The van der Waals surface area contributed by atoms with Crippen LogP contribution < -0.4 is 14.8 Å². The van der Waals surface area contributed by atoms with Gasteiger partial charge in [0.05, 0.1) is 32.8 Å². The summed E-state index contributed by atoms with van der Waals surface area (Å²) in [5, 5.41) is 3.22. The summed E-state index contributed by atoms with van der Waals surface area (Å²) in [7, 11) is -2.68. The van der Waals surface area contributed by atoms with E-state index in [1.54, 1.807) is 42.5 Å². The number of amides is 1. The van der Waals surface area contributed by atoms with Crippen LogP contribution in [0.1, 0.15) is 5.56 Å². The lowest BCUT2D eigenvalue weighted by molar-refractivity contribution is -0.117. The highest BCUT2D eigenvalue weighted by molar-refractivity contribution is 7.89. The number of ether oxygens (including phenoxy) is 1. The van der Waals surface area contributed by atoms with Gasteiger partial charge in [-0.25, -0.2) is 8.42 Å². The number of methoxy groups -OCH3 is 1. The predicted molar refractivity (Wildman–Crippen MR) is 127 cm³/mol. The number of para-hydroxylation sites is 1. The predicted octanol–water partition coefficient (Wildman–Crippen LogP) is 5.18. The molecule has 3 rings (SSSR count). The molecule has 168 valence electrons. The molecule has 2 N–H and O–H groups in total. The Bertz CT molecular complexity index is 1200. The molecule has 0 aromatic heterocycles. The lowest BCUT2D eigenvalue weighted by atomic mass is 10.1. The minimum atomic E-state index is -4.10. The van der Waals surface area contributed by atoms with Crippen LogP contribution in [0.25, 0.3) is 0 Å². The number of anilines is 1. The number of hydrogen-bond donors (Lipinski definition) is 2. The maximum absolute atomic E-state index is 13.1. The van der Waals surface area contributed by atoms with Gasteiger partial charge in [0.15, 0.2) is 0 Å². The topological polar surface area (TPSA) is 84.5 Å². The Balaban J connectivity index is 1.92. The summed E-state index contributed by atoms with van der Waals surface area (Å²) in [6.45, 7) is 0. The van der Waals surface area contributed by atoms with E-state index in [4.69, 9.17) is 39.5 Å². The Morgan fingerprint density at radius 3 is 2.19 bits per heavy atom. The molecule has 0 fully saturated rings. The molecule has 1 atom stereocenters. The Hall–Kier alpha value is -2.29. The van der Waals surface area contributed by atoms with Crippen molar-refractivity contribution in [3.63, 3.8) is 0 Å². The second-order valence-electron chi connectivity index (χ2n) is 6.75. The maximum atomic E-state index is 13.1. The molecule has 0 radical (unpaired) electrons. The first kappa shape index (κ1) is 24.4. The van der Waals surface area contributed by atoms with Crippen molar-refractivity contribution in [2.24, 2.45) is 0 Å². The van der Waals surface area contributed by atoms with Crippen LogP contribution in [-0.2, 0) is 21.2 Å². The third kappa shape index (κ3) is 5.94. The van der Waals surface area contributed by atoms with Crippen molar-refractivity contribution in [1.82, 2.24) is 4.72 Å². The van der Waals surface area contributed by atoms with Gasteiger partial charge in [0, 0.05) is 0 Å². The van der Waals surface area contributed by atoms with Crippen LogP contribution in [0.2, 0.25) is 15.1 Å². The third-order valence-corrected chi connectivity index (χ3v) is 6.94. The van der Waals surface area contributed by atoms with Gasteiger partial charge in [0.25, 0.3) is 0 Å². The summed E-state index contributed by atoms with van der Waals surface area (Å²) < 4.78 is 33.6. The monoisotopic (exact) mass is 512 g/mol. The molecule has 3 aromatic rings. The second kappa shape index (κ2) is 10.6. The van der Waals surface area contributed by atoms with Gasteiger partial charge < -0.3 is 10.1 Å². The number of carbonyl (C=O) groups excluding carboxylic acids is 1. The van der Waals surface area contributed by atoms with Crippen LogP contribution in [0.5, 0.6) is 5.75 Å². The fourth-order valence-corrected chi connectivity index (χ4v) is 4.97. The van der Waals surface area contributed by atoms with Crippen molar-refractivity contribution in [2.45, 2.75) is 17.4 Å². The van der Waals surface area contributed by atoms with Crippen molar-refractivity contribution in [2.75, 3.05) is 12.4 Å². The molecule has 0 aliphatic carbocycles. The number of sulfonamides is 1. The summed E-state index contributed by atoms with van der Waals surface area (Å²) in [4.78, 5) is 13.0. The quantitative estimate of drug-likeness (QED) is 0.434. The number of rotatable bonds is 8. The first-order valence-corrected chi connectivity index (χ1v) is 12.0. The number of benzene rings is 3. The number of halogens is 3. The minimum Gasteiger partial charge on any atom is -0.495 e. The SMILES string of the molecule is COc1ccc(S(=O)(=O)N[C@H](Cc2ccccc2)C(=O)Nc2c(Cl)cccc2Cl)cc1Cl. The van der Waals surface area contributed by atoms with Gasteiger partial charge in [-0.3, -0.25) is 4.79 Å². The summed E-state index contributed by atoms with van der Waals surface area (Å²) in [5.41, 5.74) is 0.957. The Labute approximate surface area is 201 Å². The van der Waals surface area contributed by atoms with Gasteiger partial charge in [0.1, 0.15) is 11.8 Å². The molecule has 0 saturated carbocycles. The lowest BCUT2D eigenvalue weighted by Gasteiger charge is -2.20. The van der Waals surface area contributed by atoms with Gasteiger partial charge in [-0.2, -0.15) is 4.72 Å². The Morgan fingerprint density at radius 1 is 0.938 bits per heavy atom. The van der Waals surface area contributed by atoms with Crippen molar-refractivity contribution in [3.8, 4) is 5.75 Å². The van der Waals surface area contributed by atoms with Crippen LogP contribution in [0.3, 0.4) is 0 Å². The smallest absolute Gasteiger partial charge is 0.242 e. The van der Waals surface area contributed by atoms with E-state index in [9.17, 15) is 13.2 Å². The third-order valence-electron chi connectivity index (χ3n) is 4.54. The van der Waals surface area contributed by atoms with Crippen molar-refractivity contribution in [3.05, 3.63) is 87.4 Å². The Kier molecular flexibility index (Phi) is 8.03. The molecule has 0 saturated heterocycles. The molecule has 0 heterocycles. The van der Waals surface area contributed by atoms with E-state index >= 15 is 0 Å². The molecule has 0 aliphatic rings. The van der Waals surface area contributed by atoms with Crippen LogP contribution in [-0.4, -0.2) is 27.5 Å². The van der Waals surface area contributed by atoms with Crippen LogP contribution in [0, 0.1) is 0 Å². The lowest BCUT2D eigenvalue weighted by Crippen LogP contribution is -2.45. The van der Waals surface area contributed by atoms with Gasteiger partial charge >= 0.3 is 0 Å². The molecule has 0 bridgehead atoms.